The maximum atomic E-state index is 12.7. The molecule has 0 bridgehead atoms. The van der Waals surface area contributed by atoms with Crippen molar-refractivity contribution < 1.29 is 23.4 Å². The largest absolute Gasteiger partial charge is 0.506 e. The molecule has 1 aromatic rings. The number of ether oxygens (including phenoxy) is 1. The normalized spacial score (nSPS) is 10.6. The van der Waals surface area contributed by atoms with E-state index in [9.17, 15) is 18.7 Å². The van der Waals surface area contributed by atoms with Crippen LogP contribution in [0.5, 0.6) is 5.75 Å². The van der Waals surface area contributed by atoms with Crippen molar-refractivity contribution in [2.75, 3.05) is 7.11 Å². The number of esters is 1. The number of pyridine rings is 1. The molecule has 1 rings (SSSR count). The van der Waals surface area contributed by atoms with Crippen molar-refractivity contribution >= 4 is 17.6 Å². The van der Waals surface area contributed by atoms with Crippen molar-refractivity contribution in [3.05, 3.63) is 23.0 Å². The Kier molecular flexibility index (Phi) is 4.62. The fourth-order valence-corrected chi connectivity index (χ4v) is 1.48. The SMILES string of the molecule is COC(=O)Cc1c(C(F)F)cnc(CCl)c1O. The topological polar surface area (TPSA) is 59.4 Å². The number of hydrogen-bond donors (Lipinski definition) is 1. The minimum atomic E-state index is -2.84. The summed E-state index contributed by atoms with van der Waals surface area (Å²) in [6.07, 6.45) is -2.38. The molecule has 0 unspecified atom stereocenters. The van der Waals surface area contributed by atoms with E-state index >= 15 is 0 Å². The Bertz CT molecular complexity index is 426. The van der Waals surface area contributed by atoms with Crippen LogP contribution in [0.25, 0.3) is 0 Å². The van der Waals surface area contributed by atoms with Gasteiger partial charge in [0.05, 0.1) is 25.1 Å². The summed E-state index contributed by atoms with van der Waals surface area (Å²) >= 11 is 5.48. The maximum Gasteiger partial charge on any atom is 0.310 e. The number of methoxy groups -OCH3 is 1. The zero-order valence-electron chi connectivity index (χ0n) is 8.91. The van der Waals surface area contributed by atoms with Crippen LogP contribution in [0, 0.1) is 0 Å². The van der Waals surface area contributed by atoms with Gasteiger partial charge < -0.3 is 9.84 Å². The molecule has 0 aliphatic heterocycles. The van der Waals surface area contributed by atoms with Gasteiger partial charge in [-0.05, 0) is 0 Å². The second kappa shape index (κ2) is 5.77. The van der Waals surface area contributed by atoms with Crippen molar-refractivity contribution in [1.29, 1.82) is 0 Å². The lowest BCUT2D eigenvalue weighted by molar-refractivity contribution is -0.139. The van der Waals surface area contributed by atoms with Crippen molar-refractivity contribution in [2.45, 2.75) is 18.7 Å². The number of aromatic nitrogens is 1. The molecule has 0 amide bonds. The first-order valence-corrected chi connectivity index (χ1v) is 5.15. The predicted molar refractivity (Wildman–Crippen MR) is 56.1 cm³/mol. The van der Waals surface area contributed by atoms with E-state index in [1.165, 1.54) is 0 Å². The highest BCUT2D eigenvalue weighted by atomic mass is 35.5. The number of carbonyl (C=O) groups is 1. The van der Waals surface area contributed by atoms with E-state index in [1.807, 2.05) is 0 Å². The van der Waals surface area contributed by atoms with Gasteiger partial charge in [-0.3, -0.25) is 9.78 Å². The molecule has 4 nitrogen and oxygen atoms in total. The van der Waals surface area contributed by atoms with E-state index < -0.39 is 30.1 Å². The predicted octanol–water partition coefficient (Wildman–Crippen LogP) is 2.18. The molecule has 17 heavy (non-hydrogen) atoms. The van der Waals surface area contributed by atoms with E-state index in [0.29, 0.717) is 0 Å². The molecule has 0 aliphatic rings. The highest BCUT2D eigenvalue weighted by molar-refractivity contribution is 6.17. The average molecular weight is 266 g/mol. The van der Waals surface area contributed by atoms with Gasteiger partial charge in [0.15, 0.2) is 0 Å². The Labute approximate surface area is 101 Å². The van der Waals surface area contributed by atoms with Crippen LogP contribution in [0.1, 0.15) is 23.2 Å². The number of nitrogens with zero attached hydrogens (tertiary/aromatic N) is 1. The Morgan fingerprint density at radius 3 is 2.76 bits per heavy atom. The molecule has 0 radical (unpaired) electrons. The second-order valence-corrected chi connectivity index (χ2v) is 3.44. The lowest BCUT2D eigenvalue weighted by Gasteiger charge is -2.11. The van der Waals surface area contributed by atoms with Crippen LogP contribution in [0.15, 0.2) is 6.20 Å². The molecule has 0 atom stereocenters. The number of hydrogen-bond acceptors (Lipinski definition) is 4. The van der Waals surface area contributed by atoms with Gasteiger partial charge in [0.25, 0.3) is 6.43 Å². The van der Waals surface area contributed by atoms with E-state index in [0.717, 1.165) is 13.3 Å². The van der Waals surface area contributed by atoms with Crippen LogP contribution in [0.3, 0.4) is 0 Å². The highest BCUT2D eigenvalue weighted by Crippen LogP contribution is 2.31. The summed E-state index contributed by atoms with van der Waals surface area (Å²) in [5, 5.41) is 9.67. The number of alkyl halides is 3. The number of halogens is 3. The number of carbonyl (C=O) groups excluding carboxylic acids is 1. The van der Waals surface area contributed by atoms with Gasteiger partial charge in [0.2, 0.25) is 0 Å². The monoisotopic (exact) mass is 265 g/mol. The fraction of sp³-hybridized carbons (Fsp3) is 0.400. The summed E-state index contributed by atoms with van der Waals surface area (Å²) < 4.78 is 29.7. The van der Waals surface area contributed by atoms with E-state index in [-0.39, 0.29) is 17.1 Å². The van der Waals surface area contributed by atoms with Crippen LogP contribution >= 0.6 is 11.6 Å². The number of aromatic hydroxyl groups is 1. The van der Waals surface area contributed by atoms with Gasteiger partial charge in [-0.2, -0.15) is 0 Å². The Morgan fingerprint density at radius 1 is 1.65 bits per heavy atom. The molecule has 1 aromatic heterocycles. The summed E-state index contributed by atoms with van der Waals surface area (Å²) in [7, 11) is 1.13. The van der Waals surface area contributed by atoms with Crippen molar-refractivity contribution in [2.24, 2.45) is 0 Å². The summed E-state index contributed by atoms with van der Waals surface area (Å²) in [5.41, 5.74) is -0.644. The first-order valence-electron chi connectivity index (χ1n) is 4.61. The molecule has 0 saturated carbocycles. The van der Waals surface area contributed by atoms with Gasteiger partial charge >= 0.3 is 5.97 Å². The maximum absolute atomic E-state index is 12.7. The first kappa shape index (κ1) is 13.6. The first-order chi connectivity index (χ1) is 8.01. The van der Waals surface area contributed by atoms with Crippen LogP contribution in [-0.4, -0.2) is 23.2 Å². The third-order valence-corrected chi connectivity index (χ3v) is 2.43. The standard InChI is InChI=1S/C10H10ClF2NO3/c1-17-8(15)2-5-6(10(12)13)4-14-7(3-11)9(5)16/h4,10,16H,2-3H2,1H3. The van der Waals surface area contributed by atoms with Crippen LogP contribution < -0.4 is 0 Å². The van der Waals surface area contributed by atoms with Gasteiger partial charge in [-0.15, -0.1) is 11.6 Å². The van der Waals surface area contributed by atoms with E-state index in [2.05, 4.69) is 9.72 Å². The Hall–Kier alpha value is -1.43. The molecule has 7 heteroatoms. The molecule has 0 aliphatic carbocycles. The molecule has 0 spiro atoms. The minimum Gasteiger partial charge on any atom is -0.506 e. The van der Waals surface area contributed by atoms with Crippen LogP contribution in [0.2, 0.25) is 0 Å². The van der Waals surface area contributed by atoms with Crippen LogP contribution in [-0.2, 0) is 21.8 Å². The Morgan fingerprint density at radius 2 is 2.29 bits per heavy atom. The average Bonchev–Trinajstić information content (AvgIpc) is 2.30. The lowest BCUT2D eigenvalue weighted by Crippen LogP contribution is -2.09. The van der Waals surface area contributed by atoms with Gasteiger partial charge in [0, 0.05) is 17.3 Å². The lowest BCUT2D eigenvalue weighted by atomic mass is 10.0. The molecular formula is C10H10ClF2NO3. The second-order valence-electron chi connectivity index (χ2n) is 3.17. The molecular weight excluding hydrogens is 256 g/mol. The Balaban J connectivity index is 3.24. The van der Waals surface area contributed by atoms with E-state index in [4.69, 9.17) is 11.6 Å². The molecule has 1 N–H and O–H groups in total. The van der Waals surface area contributed by atoms with Crippen molar-refractivity contribution in [3.8, 4) is 5.75 Å². The minimum absolute atomic E-state index is 0.0509. The third kappa shape index (κ3) is 3.03. The third-order valence-electron chi connectivity index (χ3n) is 2.18. The van der Waals surface area contributed by atoms with Gasteiger partial charge in [-0.1, -0.05) is 0 Å². The highest BCUT2D eigenvalue weighted by Gasteiger charge is 2.22. The van der Waals surface area contributed by atoms with Gasteiger partial charge in [-0.25, -0.2) is 8.78 Å². The summed E-state index contributed by atoms with van der Waals surface area (Å²) in [4.78, 5) is 14.7. The molecule has 0 aromatic carbocycles. The van der Waals surface area contributed by atoms with E-state index in [1.54, 1.807) is 0 Å². The molecule has 0 saturated heterocycles. The molecule has 94 valence electrons. The molecule has 0 fully saturated rings. The zero-order valence-corrected chi connectivity index (χ0v) is 9.67. The van der Waals surface area contributed by atoms with Crippen molar-refractivity contribution in [3.63, 3.8) is 0 Å². The molecule has 1 heterocycles. The van der Waals surface area contributed by atoms with Crippen molar-refractivity contribution in [1.82, 2.24) is 4.98 Å². The summed E-state index contributed by atoms with van der Waals surface area (Å²) in [6, 6.07) is 0. The number of rotatable bonds is 4. The smallest absolute Gasteiger partial charge is 0.310 e. The fourth-order valence-electron chi connectivity index (χ4n) is 1.29. The van der Waals surface area contributed by atoms with Gasteiger partial charge in [0.1, 0.15) is 5.75 Å². The quantitative estimate of drug-likeness (QED) is 0.670. The van der Waals surface area contributed by atoms with Crippen LogP contribution in [0.4, 0.5) is 8.78 Å². The summed E-state index contributed by atoms with van der Waals surface area (Å²) in [5.74, 6) is -1.35. The summed E-state index contributed by atoms with van der Waals surface area (Å²) in [6.45, 7) is 0. The zero-order chi connectivity index (χ0) is 13.0.